The Morgan fingerprint density at radius 2 is 0.642 bits per heavy atom. The van der Waals surface area contributed by atoms with Crippen LogP contribution in [0.1, 0.15) is 329 Å². The second-order valence-corrected chi connectivity index (χ2v) is 28.4. The van der Waals surface area contributed by atoms with E-state index in [0.717, 1.165) is 47.7 Å². The zero-order chi connectivity index (χ0) is 152. The molecule has 24 heteroatoms. The molecule has 4 aromatic carbocycles. The topological polar surface area (TPSA) is 296 Å². The van der Waals surface area contributed by atoms with Crippen LogP contribution >= 0.6 is 0 Å². The molecule has 0 aromatic heterocycles. The highest BCUT2D eigenvalue weighted by atomic mass is 16.6. The predicted octanol–water partition coefficient (Wildman–Crippen LogP) is 14.3. The average molecular weight is 1750 g/mol. The third-order valence-electron chi connectivity index (χ3n) is 18.1. The summed E-state index contributed by atoms with van der Waals surface area (Å²) in [5.41, 5.74) is 16.2. The molecule has 16 unspecified atom stereocenters. The number of piperidine rings is 4. The first kappa shape index (κ1) is 38.0. The minimum absolute atomic E-state index is 0.168. The average Bonchev–Trinajstić information content (AvgIpc) is 0.637. The van der Waals surface area contributed by atoms with E-state index < -0.39 is 445 Å². The first-order valence-electron chi connectivity index (χ1n) is 73.0. The number of aryl methyl sites for hydroxylation is 2. The van der Waals surface area contributed by atoms with Gasteiger partial charge in [-0.2, -0.15) is 0 Å². The largest absolute Gasteiger partial charge is 0.493 e. The lowest BCUT2D eigenvalue weighted by atomic mass is 9.79. The second-order valence-electron chi connectivity index (χ2n) is 28.4. The Labute approximate surface area is 819 Å². The van der Waals surface area contributed by atoms with Gasteiger partial charge in [0.15, 0.2) is 46.0 Å². The number of carbonyl (C=O) groups excluding carboxylic acids is 4. The van der Waals surface area contributed by atoms with Crippen LogP contribution in [0.15, 0.2) is 48.4 Å². The number of fused-ring (bicyclic) bond motifs is 12. The van der Waals surface area contributed by atoms with Crippen LogP contribution in [0.4, 0.5) is 0 Å². The van der Waals surface area contributed by atoms with Crippen molar-refractivity contribution in [2.75, 3.05) is 109 Å². The third-order valence-corrected chi connectivity index (χ3v) is 18.1. The molecule has 0 saturated carbocycles. The van der Waals surface area contributed by atoms with Crippen molar-refractivity contribution in [1.82, 2.24) is 19.6 Å². The Balaban J connectivity index is 0.000000278. The number of ether oxygens (including phenoxy) is 12. The summed E-state index contributed by atoms with van der Waals surface area (Å²) >= 11 is 0. The molecule has 120 heavy (non-hydrogen) atoms. The fourth-order valence-corrected chi connectivity index (χ4v) is 11.5. The van der Waals surface area contributed by atoms with Gasteiger partial charge in [-0.25, -0.2) is 0 Å². The molecule has 672 valence electrons. The molecule has 8 aliphatic rings. The Morgan fingerprint density at radius 1 is 0.383 bits per heavy atom. The second kappa shape index (κ2) is 43.9. The van der Waals surface area contributed by atoms with E-state index in [4.69, 9.17) is 148 Å². The maximum absolute atomic E-state index is 13.3. The number of rotatable bonds is 28. The van der Waals surface area contributed by atoms with Gasteiger partial charge in [-0.05, 0) is 191 Å². The summed E-state index contributed by atoms with van der Waals surface area (Å²) in [6.45, 7) is -33.2. The smallest absolute Gasteiger partial charge is 0.323 e. The van der Waals surface area contributed by atoms with Crippen LogP contribution in [-0.2, 0) is 63.6 Å². The van der Waals surface area contributed by atoms with Crippen LogP contribution in [0.2, 0.25) is 0 Å². The van der Waals surface area contributed by atoms with E-state index in [1.165, 1.54) is 62.5 Å². The fourth-order valence-electron chi connectivity index (χ4n) is 11.5. The Kier molecular flexibility index (Phi) is 13.9. The van der Waals surface area contributed by atoms with Crippen LogP contribution in [0, 0.1) is 70.8 Å². The predicted molar refractivity (Wildman–Crippen MR) is 471 cm³/mol. The summed E-state index contributed by atoms with van der Waals surface area (Å²) in [5, 5.41) is 0. The lowest BCUT2D eigenvalue weighted by molar-refractivity contribution is -0.161. The van der Waals surface area contributed by atoms with Gasteiger partial charge in [-0.15, -0.1) is 0 Å². The summed E-state index contributed by atoms with van der Waals surface area (Å²) in [6.07, 6.45) is -58.0. The number of benzene rings is 4. The van der Waals surface area contributed by atoms with Crippen molar-refractivity contribution in [3.05, 3.63) is 92.9 Å². The molecule has 0 radical (unpaired) electrons. The summed E-state index contributed by atoms with van der Waals surface area (Å²) in [4.78, 5) is 52.1. The van der Waals surface area contributed by atoms with Crippen molar-refractivity contribution in [3.8, 4) is 46.0 Å². The number of carbonyl (C=O) groups is 4. The maximum Gasteiger partial charge on any atom is 0.323 e. The molecule has 0 amide bonds. The van der Waals surface area contributed by atoms with Gasteiger partial charge in [-0.3, -0.25) is 38.8 Å². The van der Waals surface area contributed by atoms with Gasteiger partial charge < -0.3 is 79.8 Å². The monoisotopic (exact) mass is 1750 g/mol. The van der Waals surface area contributed by atoms with Gasteiger partial charge in [0.2, 0.25) is 0 Å². The molecule has 20 atom stereocenters. The molecule has 0 bridgehead atoms. The number of nitrogens with zero attached hydrogens (tertiary/aromatic N) is 4. The van der Waals surface area contributed by atoms with Gasteiger partial charge in [0.1, 0.15) is 48.6 Å². The molecule has 12 rings (SSSR count). The lowest BCUT2D eigenvalue weighted by Crippen LogP contribution is -2.51. The summed E-state index contributed by atoms with van der Waals surface area (Å²) < 4.78 is 689. The summed E-state index contributed by atoms with van der Waals surface area (Å²) in [7, 11) is -0.258. The first-order valence-corrected chi connectivity index (χ1v) is 37.0. The van der Waals surface area contributed by atoms with E-state index in [-0.39, 0.29) is 26.2 Å². The van der Waals surface area contributed by atoms with Crippen LogP contribution in [-0.4, -0.2) is 201 Å². The molecular formula is C96H152N8O16. The zero-order valence-electron chi connectivity index (χ0n) is 141. The van der Waals surface area contributed by atoms with Crippen molar-refractivity contribution in [1.29, 1.82) is 0 Å². The van der Waals surface area contributed by atoms with Crippen molar-refractivity contribution in [3.63, 3.8) is 0 Å². The number of esters is 4. The van der Waals surface area contributed by atoms with Gasteiger partial charge in [0.05, 0.1) is 73.2 Å². The van der Waals surface area contributed by atoms with Crippen molar-refractivity contribution in [2.45, 2.75) is 260 Å². The Bertz CT molecular complexity index is 7530. The van der Waals surface area contributed by atoms with Crippen LogP contribution < -0.4 is 60.8 Å². The van der Waals surface area contributed by atoms with E-state index in [0.29, 0.717) is 39.8 Å². The van der Waals surface area contributed by atoms with Gasteiger partial charge in [0.25, 0.3) is 0 Å². The van der Waals surface area contributed by atoms with Crippen molar-refractivity contribution in [2.24, 2.45) is 93.8 Å². The molecular weight excluding hydrogens is 1520 g/mol. The van der Waals surface area contributed by atoms with Crippen LogP contribution in [0.3, 0.4) is 0 Å². The minimum atomic E-state index is -4.22. The molecule has 8 heterocycles. The molecule has 0 aliphatic carbocycles. The van der Waals surface area contributed by atoms with Crippen LogP contribution in [0.5, 0.6) is 46.0 Å². The number of hydrogen-bond acceptors (Lipinski definition) is 24. The Hall–Kier alpha value is -7.16. The van der Waals surface area contributed by atoms with Crippen molar-refractivity contribution < 1.29 is 175 Å². The number of hydrogen-bond donors (Lipinski definition) is 4. The van der Waals surface area contributed by atoms with Gasteiger partial charge in [0, 0.05) is 207 Å². The molecule has 8 aliphatic heterocycles. The molecule has 24 nitrogen and oxygen atoms in total. The number of methoxy groups -OCH3 is 8. The maximum atomic E-state index is 13.3. The van der Waals surface area contributed by atoms with Gasteiger partial charge in [-0.1, -0.05) is 110 Å². The minimum Gasteiger partial charge on any atom is -0.493 e. The highest BCUT2D eigenvalue weighted by Crippen LogP contribution is 2.50. The SMILES string of the molecule is [2H]C([2H])([2H])C([2H])(C)C([2H])([2H])C1([2H])C(OC(=O)[C@@H](N)C(C)C)C([2H])([2H])C2([2H])c3cc(OC)c(OC)cc3C([2H])([2H])C([2H])([2H])N2C1([2H])[2H].[2H]C([2H])([2H])Oc1cc2c(cc1OC)C1([2H])N(C([2H])([2H])C2([2H])[2H])C([2H])([2H])C([2H])(C([2H])([2H])C([2H])(C)C([2H])([2H])[2H])C(OC(=O)[C@@H](N)C(C)C)C1([2H])[2H].[2H]c1c(OC)c(OC([2H])([2H])[2H])c([2H])c2c1C1N(C([2H])([2H])C2([2H])[2H])C([2H])([2H])C([2H])(C([2H])([2H])C([2H])(C)C([2H])([2H])[2H])C(OC(=O)[C@@H](N)C(C)C)C1([2H])[2H].[2H]c1c(OC)c(OC)c([2H])c2c1C1N(C([2H])([2H])C2([2H])[2H])C([2H])([2H])C([2H])(C([2H])([2H])C([2H])(C)C([2H])([2H])[2H])C(OC(=O)[C@@H](N)C(C)C)C1([2H])[2H]. The van der Waals surface area contributed by atoms with E-state index in [9.17, 15) is 49.3 Å². The summed E-state index contributed by atoms with van der Waals surface area (Å²) in [5.74, 6) is -44.2. The van der Waals surface area contributed by atoms with Crippen LogP contribution in [0.25, 0.3) is 0 Å². The van der Waals surface area contributed by atoms with E-state index in [1.54, 1.807) is 0 Å². The Morgan fingerprint density at radius 3 is 0.942 bits per heavy atom. The molecule has 4 fully saturated rings. The lowest BCUT2D eigenvalue weighted by Gasteiger charge is -2.47. The molecule has 0 spiro atoms. The standard InChI is InChI=1S/4C24H38N2O4/c4*1-14(2)9-17-13-26-8-7-16-10-21(28-5)22(29-6)11-18(16)19(26)12-20(17)30-24(27)23(25)15(3)4/h4*10-11,14-15,17,19-20,23H,7-9,12-13,25H2,1-6H3/t4*17?,19?,20?,23-/m0000/s1/i1D3,5D3,7D2,8D2,9D2,10D,11D,12D2,13D2,14D,17D;1D3,7D2,8D2,9D2,10D,11D,12D2,13D2,14D,17D;1D3,5D3,7D2,8D2,9D2,12D2,13D2,14D,17D,19D;1D3,7D2,8D2,9D2,12D2,13D2,14D,17D,19D/t4*14?,17?,19?,20?,23-. The fraction of sp³-hybridized carbons (Fsp3) is 0.708. The highest BCUT2D eigenvalue weighted by molar-refractivity contribution is 5.77. The number of nitrogens with two attached hydrogens (primary N) is 4. The summed E-state index contributed by atoms with van der Waals surface area (Å²) in [6, 6.07) is -19.8. The van der Waals surface area contributed by atoms with E-state index in [1.807, 2.05) is 0 Å². The zero-order valence-corrected chi connectivity index (χ0v) is 69.0. The third kappa shape index (κ3) is 23.8. The molecule has 4 saturated heterocycles. The van der Waals surface area contributed by atoms with Gasteiger partial charge >= 0.3 is 23.9 Å². The molecule has 8 N–H and O–H groups in total. The van der Waals surface area contributed by atoms with Crippen molar-refractivity contribution >= 4 is 23.9 Å². The van der Waals surface area contributed by atoms with E-state index >= 15 is 0 Å². The normalized spacial score (nSPS) is 47.2. The van der Waals surface area contributed by atoms with E-state index in [2.05, 4.69) is 0 Å². The first-order chi connectivity index (χ1) is 84.6. The molecule has 4 aromatic rings. The highest BCUT2D eigenvalue weighted by Gasteiger charge is 2.47. The quantitative estimate of drug-likeness (QED) is 0.0303.